The summed E-state index contributed by atoms with van der Waals surface area (Å²) in [7, 11) is 0. The van der Waals surface area contributed by atoms with E-state index >= 15 is 0 Å². The fraction of sp³-hybridized carbons (Fsp3) is 0.300. The van der Waals surface area contributed by atoms with Crippen LogP contribution in [0.4, 0.5) is 0 Å². The minimum Gasteiger partial charge on any atom is -0.508 e. The molecule has 1 aliphatic heterocycles. The van der Waals surface area contributed by atoms with Crippen molar-refractivity contribution in [3.63, 3.8) is 0 Å². The lowest BCUT2D eigenvalue weighted by atomic mass is 10.3. The van der Waals surface area contributed by atoms with Gasteiger partial charge in [-0.3, -0.25) is 4.79 Å². The van der Waals surface area contributed by atoms with Gasteiger partial charge in [0.15, 0.2) is 0 Å². The third-order valence-corrected chi connectivity index (χ3v) is 3.22. The average Bonchev–Trinajstić information content (AvgIpc) is 2.52. The highest BCUT2D eigenvalue weighted by Crippen LogP contribution is 2.30. The molecule has 1 heterocycles. The topological polar surface area (TPSA) is 46.5 Å². The van der Waals surface area contributed by atoms with E-state index in [0.717, 1.165) is 11.3 Å². The van der Waals surface area contributed by atoms with Crippen LogP contribution in [0.25, 0.3) is 0 Å². The maximum Gasteiger partial charge on any atom is 0.319 e. The molecular weight excluding hydrogens is 200 g/mol. The highest BCUT2D eigenvalue weighted by atomic mass is 32.2. The average molecular weight is 210 g/mol. The number of esters is 1. The van der Waals surface area contributed by atoms with Crippen molar-refractivity contribution in [2.75, 3.05) is 6.61 Å². The minimum absolute atomic E-state index is 0.114. The van der Waals surface area contributed by atoms with Crippen molar-refractivity contribution in [2.45, 2.75) is 16.6 Å². The van der Waals surface area contributed by atoms with Gasteiger partial charge in [-0.2, -0.15) is 0 Å². The standard InChI is InChI=1S/C10H10O3S/c11-7-2-1-3-8(6-7)14-9-4-5-13-10(9)12/h1-3,6,9,11H,4-5H2. The van der Waals surface area contributed by atoms with Gasteiger partial charge in [0, 0.05) is 11.3 Å². The van der Waals surface area contributed by atoms with Gasteiger partial charge in [-0.25, -0.2) is 0 Å². The Morgan fingerprint density at radius 1 is 1.50 bits per heavy atom. The van der Waals surface area contributed by atoms with Crippen LogP contribution in [-0.4, -0.2) is 22.9 Å². The normalized spacial score (nSPS) is 20.9. The summed E-state index contributed by atoms with van der Waals surface area (Å²) >= 11 is 1.44. The van der Waals surface area contributed by atoms with Gasteiger partial charge in [0.25, 0.3) is 0 Å². The number of hydrogen-bond donors (Lipinski definition) is 1. The second-order valence-corrected chi connectivity index (χ2v) is 4.34. The van der Waals surface area contributed by atoms with Crippen molar-refractivity contribution in [3.8, 4) is 5.75 Å². The number of phenols is 1. The van der Waals surface area contributed by atoms with Gasteiger partial charge >= 0.3 is 5.97 Å². The highest BCUT2D eigenvalue weighted by molar-refractivity contribution is 8.00. The fourth-order valence-electron chi connectivity index (χ4n) is 1.31. The molecule has 1 unspecified atom stereocenters. The first-order valence-electron chi connectivity index (χ1n) is 4.38. The summed E-state index contributed by atoms with van der Waals surface area (Å²) in [5.41, 5.74) is 0. The molecule has 14 heavy (non-hydrogen) atoms. The number of hydrogen-bond acceptors (Lipinski definition) is 4. The molecule has 74 valence electrons. The summed E-state index contributed by atoms with van der Waals surface area (Å²) in [6.45, 7) is 0.509. The predicted molar refractivity (Wildman–Crippen MR) is 53.3 cm³/mol. The van der Waals surface area contributed by atoms with Gasteiger partial charge in [-0.05, 0) is 18.2 Å². The third-order valence-electron chi connectivity index (χ3n) is 1.98. The number of cyclic esters (lactones) is 1. The second-order valence-electron chi connectivity index (χ2n) is 3.06. The summed E-state index contributed by atoms with van der Waals surface area (Å²) < 4.78 is 4.85. The van der Waals surface area contributed by atoms with Crippen molar-refractivity contribution in [1.29, 1.82) is 0 Å². The van der Waals surface area contributed by atoms with Crippen LogP contribution in [0.15, 0.2) is 29.2 Å². The molecule has 1 fully saturated rings. The second kappa shape index (κ2) is 3.92. The summed E-state index contributed by atoms with van der Waals surface area (Å²) in [5.74, 6) is 0.0692. The predicted octanol–water partition coefficient (Wildman–Crippen LogP) is 1.80. The molecule has 1 N–H and O–H groups in total. The minimum atomic E-state index is -0.154. The lowest BCUT2D eigenvalue weighted by Gasteiger charge is -2.04. The number of carbonyl (C=O) groups excluding carboxylic acids is 1. The summed E-state index contributed by atoms with van der Waals surface area (Å²) in [6.07, 6.45) is 0.749. The Morgan fingerprint density at radius 3 is 3.00 bits per heavy atom. The SMILES string of the molecule is O=C1OCCC1Sc1cccc(O)c1. The Bertz CT molecular complexity index is 351. The Hall–Kier alpha value is -1.16. The molecule has 0 bridgehead atoms. The number of carbonyl (C=O) groups is 1. The van der Waals surface area contributed by atoms with Crippen LogP contribution in [0.5, 0.6) is 5.75 Å². The van der Waals surface area contributed by atoms with Gasteiger partial charge in [-0.15, -0.1) is 11.8 Å². The van der Waals surface area contributed by atoms with Crippen LogP contribution >= 0.6 is 11.8 Å². The van der Waals surface area contributed by atoms with Crippen LogP contribution < -0.4 is 0 Å². The number of ether oxygens (including phenoxy) is 1. The number of benzene rings is 1. The van der Waals surface area contributed by atoms with Crippen molar-refractivity contribution < 1.29 is 14.6 Å². The van der Waals surface area contributed by atoms with E-state index in [1.54, 1.807) is 18.2 Å². The fourth-order valence-corrected chi connectivity index (χ4v) is 2.36. The molecule has 0 saturated carbocycles. The van der Waals surface area contributed by atoms with E-state index in [9.17, 15) is 9.90 Å². The molecule has 3 nitrogen and oxygen atoms in total. The van der Waals surface area contributed by atoms with Crippen LogP contribution in [0.3, 0.4) is 0 Å². The lowest BCUT2D eigenvalue weighted by Crippen LogP contribution is -2.08. The van der Waals surface area contributed by atoms with E-state index in [-0.39, 0.29) is 17.0 Å². The van der Waals surface area contributed by atoms with Crippen molar-refractivity contribution in [2.24, 2.45) is 0 Å². The smallest absolute Gasteiger partial charge is 0.319 e. The van der Waals surface area contributed by atoms with Gasteiger partial charge in [-0.1, -0.05) is 6.07 Å². The van der Waals surface area contributed by atoms with E-state index < -0.39 is 0 Å². The molecule has 0 aromatic heterocycles. The number of phenolic OH excluding ortho intramolecular Hbond substituents is 1. The summed E-state index contributed by atoms with van der Waals surface area (Å²) in [5, 5.41) is 9.11. The quantitative estimate of drug-likeness (QED) is 0.756. The van der Waals surface area contributed by atoms with Crippen LogP contribution in [0.2, 0.25) is 0 Å². The Morgan fingerprint density at radius 2 is 2.36 bits per heavy atom. The Kier molecular flexibility index (Phi) is 2.63. The van der Waals surface area contributed by atoms with E-state index in [0.29, 0.717) is 6.61 Å². The first-order valence-corrected chi connectivity index (χ1v) is 5.26. The van der Waals surface area contributed by atoms with E-state index in [1.807, 2.05) is 6.07 Å². The summed E-state index contributed by atoms with van der Waals surface area (Å²) in [6, 6.07) is 6.89. The molecule has 0 amide bonds. The van der Waals surface area contributed by atoms with E-state index in [1.165, 1.54) is 11.8 Å². The van der Waals surface area contributed by atoms with Crippen molar-refractivity contribution in [1.82, 2.24) is 0 Å². The lowest BCUT2D eigenvalue weighted by molar-refractivity contribution is -0.137. The van der Waals surface area contributed by atoms with Gasteiger partial charge in [0.2, 0.25) is 0 Å². The molecule has 1 atom stereocenters. The van der Waals surface area contributed by atoms with Gasteiger partial charge in [0.1, 0.15) is 11.0 Å². The Labute approximate surface area is 86.1 Å². The summed E-state index contributed by atoms with van der Waals surface area (Å²) in [4.78, 5) is 12.1. The number of aromatic hydroxyl groups is 1. The zero-order chi connectivity index (χ0) is 9.97. The molecule has 1 aliphatic rings. The monoisotopic (exact) mass is 210 g/mol. The molecule has 1 aromatic rings. The molecular formula is C10H10O3S. The number of thioether (sulfide) groups is 1. The largest absolute Gasteiger partial charge is 0.508 e. The Balaban J connectivity index is 2.07. The zero-order valence-electron chi connectivity index (χ0n) is 7.47. The third kappa shape index (κ3) is 2.01. The molecule has 1 saturated heterocycles. The van der Waals surface area contributed by atoms with Gasteiger partial charge in [0.05, 0.1) is 6.61 Å². The highest BCUT2D eigenvalue weighted by Gasteiger charge is 2.27. The van der Waals surface area contributed by atoms with E-state index in [2.05, 4.69) is 0 Å². The molecule has 4 heteroatoms. The van der Waals surface area contributed by atoms with Crippen LogP contribution in [0.1, 0.15) is 6.42 Å². The van der Waals surface area contributed by atoms with Crippen LogP contribution in [0, 0.1) is 0 Å². The maximum atomic E-state index is 11.2. The molecule has 0 radical (unpaired) electrons. The first-order chi connectivity index (χ1) is 6.75. The molecule has 0 spiro atoms. The van der Waals surface area contributed by atoms with Crippen molar-refractivity contribution in [3.05, 3.63) is 24.3 Å². The van der Waals surface area contributed by atoms with Crippen LogP contribution in [-0.2, 0) is 9.53 Å². The number of rotatable bonds is 2. The van der Waals surface area contributed by atoms with Gasteiger partial charge < -0.3 is 9.84 Å². The molecule has 1 aromatic carbocycles. The molecule has 2 rings (SSSR count). The van der Waals surface area contributed by atoms with E-state index in [4.69, 9.17) is 4.74 Å². The zero-order valence-corrected chi connectivity index (χ0v) is 8.29. The first kappa shape index (κ1) is 9.40. The van der Waals surface area contributed by atoms with Crippen molar-refractivity contribution >= 4 is 17.7 Å². The maximum absolute atomic E-state index is 11.2. The molecule has 0 aliphatic carbocycles.